The van der Waals surface area contributed by atoms with Crippen LogP contribution in [0.15, 0.2) is 0 Å². The molecule has 0 heterocycles. The molecule has 0 spiro atoms. The molecule has 0 aliphatic rings. The maximum atomic E-state index is 11.9. The zero-order chi connectivity index (χ0) is 16.8. The molecule has 22 heavy (non-hydrogen) atoms. The Labute approximate surface area is 132 Å². The van der Waals surface area contributed by atoms with Gasteiger partial charge in [0.25, 0.3) is 0 Å². The van der Waals surface area contributed by atoms with Crippen molar-refractivity contribution >= 4 is 17.7 Å². The summed E-state index contributed by atoms with van der Waals surface area (Å²) < 4.78 is 0. The van der Waals surface area contributed by atoms with Gasteiger partial charge in [-0.15, -0.1) is 0 Å². The van der Waals surface area contributed by atoms with Crippen molar-refractivity contribution in [2.75, 3.05) is 20.1 Å². The molecule has 0 rings (SSSR count). The zero-order valence-electron chi connectivity index (χ0n) is 13.7. The van der Waals surface area contributed by atoms with Crippen LogP contribution in [0.2, 0.25) is 0 Å². The van der Waals surface area contributed by atoms with Crippen LogP contribution in [0.25, 0.3) is 0 Å². The molecule has 7 nitrogen and oxygen atoms in total. The maximum absolute atomic E-state index is 11.9. The third kappa shape index (κ3) is 11.1. The van der Waals surface area contributed by atoms with Gasteiger partial charge in [0.05, 0.1) is 6.42 Å². The summed E-state index contributed by atoms with van der Waals surface area (Å²) in [7, 11) is 1.77. The van der Waals surface area contributed by atoms with Gasteiger partial charge in [0, 0.05) is 19.5 Å². The summed E-state index contributed by atoms with van der Waals surface area (Å²) in [6.07, 6.45) is 5.39. The first kappa shape index (κ1) is 20.4. The van der Waals surface area contributed by atoms with E-state index in [4.69, 9.17) is 5.73 Å². The Kier molecular flexibility index (Phi) is 12.1. The lowest BCUT2D eigenvalue weighted by molar-refractivity contribution is -0.131. The number of rotatable bonds is 13. The molecule has 5 N–H and O–H groups in total. The summed E-state index contributed by atoms with van der Waals surface area (Å²) in [5.74, 6) is -1.21. The van der Waals surface area contributed by atoms with Gasteiger partial charge in [-0.25, -0.2) is 0 Å². The van der Waals surface area contributed by atoms with Crippen LogP contribution in [-0.2, 0) is 14.4 Å². The average Bonchev–Trinajstić information content (AvgIpc) is 2.46. The van der Waals surface area contributed by atoms with E-state index in [1.165, 1.54) is 6.42 Å². The van der Waals surface area contributed by atoms with Crippen molar-refractivity contribution in [2.24, 2.45) is 5.73 Å². The van der Waals surface area contributed by atoms with Gasteiger partial charge in [-0.05, 0) is 13.5 Å². The summed E-state index contributed by atoms with van der Waals surface area (Å²) in [5, 5.41) is 8.14. The molecule has 0 aliphatic carbocycles. The van der Waals surface area contributed by atoms with Crippen LogP contribution in [-0.4, -0.2) is 43.9 Å². The highest BCUT2D eigenvalue weighted by Crippen LogP contribution is 2.05. The molecule has 0 aromatic carbocycles. The molecular weight excluding hydrogens is 284 g/mol. The van der Waals surface area contributed by atoms with Crippen LogP contribution in [0.4, 0.5) is 0 Å². The standard InChI is InChI=1S/C15H30N4O3/c1-3-4-5-6-7-8-14(21)19-12(11-13(16)20)15(22)18-10-9-17-2/h12,17H,3-11H2,1-2H3,(H2,16,20)(H,18,22)(H,19,21)/t12-/m1/s1. The summed E-state index contributed by atoms with van der Waals surface area (Å²) >= 11 is 0. The topological polar surface area (TPSA) is 113 Å². The lowest BCUT2D eigenvalue weighted by Gasteiger charge is -2.17. The minimum Gasteiger partial charge on any atom is -0.370 e. The van der Waals surface area contributed by atoms with E-state index in [0.29, 0.717) is 19.5 Å². The molecule has 1 atom stereocenters. The first-order chi connectivity index (χ1) is 10.5. The third-order valence-electron chi connectivity index (χ3n) is 3.24. The van der Waals surface area contributed by atoms with Crippen molar-refractivity contribution in [3.8, 4) is 0 Å². The quantitative estimate of drug-likeness (QED) is 0.359. The van der Waals surface area contributed by atoms with Gasteiger partial charge < -0.3 is 21.7 Å². The monoisotopic (exact) mass is 314 g/mol. The molecule has 0 bridgehead atoms. The fraction of sp³-hybridized carbons (Fsp3) is 0.800. The SMILES string of the molecule is CCCCCCCC(=O)N[C@H](CC(N)=O)C(=O)NCCNC. The van der Waals surface area contributed by atoms with E-state index < -0.39 is 11.9 Å². The fourth-order valence-corrected chi connectivity index (χ4v) is 2.00. The summed E-state index contributed by atoms with van der Waals surface area (Å²) in [4.78, 5) is 34.8. The number of primary amides is 1. The summed E-state index contributed by atoms with van der Waals surface area (Å²) in [6, 6.07) is -0.891. The molecule has 0 aromatic rings. The fourth-order valence-electron chi connectivity index (χ4n) is 2.00. The second-order valence-electron chi connectivity index (χ2n) is 5.35. The molecule has 7 heteroatoms. The normalized spacial score (nSPS) is 11.7. The Morgan fingerprint density at radius 2 is 1.73 bits per heavy atom. The number of hydrogen-bond donors (Lipinski definition) is 4. The number of hydrogen-bond acceptors (Lipinski definition) is 4. The van der Waals surface area contributed by atoms with Crippen molar-refractivity contribution < 1.29 is 14.4 Å². The van der Waals surface area contributed by atoms with E-state index in [9.17, 15) is 14.4 Å². The van der Waals surface area contributed by atoms with Crippen LogP contribution in [0.1, 0.15) is 51.9 Å². The second-order valence-corrected chi connectivity index (χ2v) is 5.35. The van der Waals surface area contributed by atoms with E-state index >= 15 is 0 Å². The van der Waals surface area contributed by atoms with Gasteiger partial charge in [0.1, 0.15) is 6.04 Å². The van der Waals surface area contributed by atoms with Gasteiger partial charge in [-0.2, -0.15) is 0 Å². The van der Waals surface area contributed by atoms with Crippen LogP contribution >= 0.6 is 0 Å². The Morgan fingerprint density at radius 3 is 2.32 bits per heavy atom. The molecule has 0 saturated carbocycles. The van der Waals surface area contributed by atoms with Gasteiger partial charge in [-0.3, -0.25) is 14.4 Å². The number of carbonyl (C=O) groups is 3. The average molecular weight is 314 g/mol. The van der Waals surface area contributed by atoms with Gasteiger partial charge in [0.15, 0.2) is 0 Å². The van der Waals surface area contributed by atoms with Crippen molar-refractivity contribution in [1.29, 1.82) is 0 Å². The molecule has 0 fully saturated rings. The van der Waals surface area contributed by atoms with Crippen molar-refractivity contribution in [3.63, 3.8) is 0 Å². The van der Waals surface area contributed by atoms with Crippen LogP contribution < -0.4 is 21.7 Å². The van der Waals surface area contributed by atoms with Gasteiger partial charge >= 0.3 is 0 Å². The van der Waals surface area contributed by atoms with Crippen molar-refractivity contribution in [3.05, 3.63) is 0 Å². The number of nitrogens with one attached hydrogen (secondary N) is 3. The highest BCUT2D eigenvalue weighted by atomic mass is 16.2. The predicted molar refractivity (Wildman–Crippen MR) is 86.1 cm³/mol. The lowest BCUT2D eigenvalue weighted by Crippen LogP contribution is -2.49. The molecule has 0 unspecified atom stereocenters. The van der Waals surface area contributed by atoms with E-state index in [0.717, 1.165) is 25.7 Å². The Balaban J connectivity index is 4.18. The van der Waals surface area contributed by atoms with Gasteiger partial charge in [-0.1, -0.05) is 32.6 Å². The molecule has 128 valence electrons. The van der Waals surface area contributed by atoms with E-state index in [1.54, 1.807) is 7.05 Å². The second kappa shape index (κ2) is 13.1. The molecule has 0 saturated heterocycles. The first-order valence-electron chi connectivity index (χ1n) is 8.01. The highest BCUT2D eigenvalue weighted by molar-refractivity contribution is 5.91. The Bertz CT molecular complexity index is 348. The number of nitrogens with two attached hydrogens (primary N) is 1. The molecule has 0 aromatic heterocycles. The van der Waals surface area contributed by atoms with Crippen LogP contribution in [0.5, 0.6) is 0 Å². The van der Waals surface area contributed by atoms with E-state index in [1.807, 2.05) is 0 Å². The van der Waals surface area contributed by atoms with Gasteiger partial charge in [0.2, 0.25) is 17.7 Å². The number of carbonyl (C=O) groups excluding carboxylic acids is 3. The zero-order valence-corrected chi connectivity index (χ0v) is 13.7. The Hall–Kier alpha value is -1.63. The minimum absolute atomic E-state index is 0.188. The largest absolute Gasteiger partial charge is 0.370 e. The van der Waals surface area contributed by atoms with E-state index in [-0.39, 0.29) is 18.2 Å². The highest BCUT2D eigenvalue weighted by Gasteiger charge is 2.22. The van der Waals surface area contributed by atoms with Crippen molar-refractivity contribution in [2.45, 2.75) is 57.9 Å². The van der Waals surface area contributed by atoms with Crippen molar-refractivity contribution in [1.82, 2.24) is 16.0 Å². The maximum Gasteiger partial charge on any atom is 0.243 e. The number of unbranched alkanes of at least 4 members (excludes halogenated alkanes) is 4. The summed E-state index contributed by atoms with van der Waals surface area (Å²) in [5.41, 5.74) is 5.13. The first-order valence-corrected chi connectivity index (χ1v) is 8.01. The molecule has 3 amide bonds. The van der Waals surface area contributed by atoms with E-state index in [2.05, 4.69) is 22.9 Å². The minimum atomic E-state index is -0.891. The van der Waals surface area contributed by atoms with Crippen LogP contribution in [0, 0.1) is 0 Å². The Morgan fingerprint density at radius 1 is 1.05 bits per heavy atom. The number of amides is 3. The predicted octanol–water partition coefficient (Wildman–Crippen LogP) is 0.0427. The smallest absolute Gasteiger partial charge is 0.243 e. The molecule has 0 radical (unpaired) electrons. The molecular formula is C15H30N4O3. The third-order valence-corrected chi connectivity index (χ3v) is 3.24. The van der Waals surface area contributed by atoms with Crippen LogP contribution in [0.3, 0.4) is 0 Å². The molecule has 0 aliphatic heterocycles. The lowest BCUT2D eigenvalue weighted by atomic mass is 10.1. The summed E-state index contributed by atoms with van der Waals surface area (Å²) in [6.45, 7) is 3.17. The number of likely N-dealkylation sites (N-methyl/N-ethyl adjacent to an activating group) is 1.